The van der Waals surface area contributed by atoms with Crippen LogP contribution < -0.4 is 9.47 Å². The van der Waals surface area contributed by atoms with Gasteiger partial charge in [0.1, 0.15) is 30.5 Å². The van der Waals surface area contributed by atoms with E-state index in [4.69, 9.17) is 14.9 Å². The number of rotatable bonds is 6. The topological polar surface area (TPSA) is 75.0 Å². The number of carbonyl (C=O) groups excluding carboxylic acids is 1. The summed E-state index contributed by atoms with van der Waals surface area (Å²) in [4.78, 5) is 19.0. The van der Waals surface area contributed by atoms with Gasteiger partial charge < -0.3 is 9.47 Å². The highest BCUT2D eigenvalue weighted by atomic mass is 79.9. The summed E-state index contributed by atoms with van der Waals surface area (Å²) in [5.74, 6) is 0.179. The highest BCUT2D eigenvalue weighted by Gasteiger charge is 2.33. The summed E-state index contributed by atoms with van der Waals surface area (Å²) >= 11 is 4.76. The lowest BCUT2D eigenvalue weighted by atomic mass is 10.1. The van der Waals surface area contributed by atoms with Gasteiger partial charge in [-0.3, -0.25) is 15.1 Å². The summed E-state index contributed by atoms with van der Waals surface area (Å²) in [6.07, 6.45) is -1.08. The fourth-order valence-electron chi connectivity index (χ4n) is 3.17. The number of halogens is 4. The van der Waals surface area contributed by atoms with Gasteiger partial charge in [0.05, 0.1) is 15.6 Å². The molecule has 0 aliphatic carbocycles. The van der Waals surface area contributed by atoms with Crippen molar-refractivity contribution >= 4 is 50.7 Å². The second-order valence-corrected chi connectivity index (χ2v) is 9.30. The first-order valence-electron chi connectivity index (χ1n) is 9.93. The minimum absolute atomic E-state index is 0.0480. The molecular weight excluding hydrogens is 535 g/mol. The monoisotopic (exact) mass is 551 g/mol. The van der Waals surface area contributed by atoms with Gasteiger partial charge in [-0.15, -0.1) is 0 Å². The molecule has 4 rings (SSSR count). The van der Waals surface area contributed by atoms with Gasteiger partial charge in [0.2, 0.25) is 0 Å². The minimum atomic E-state index is -4.43. The molecule has 11 heteroatoms. The van der Waals surface area contributed by atoms with E-state index in [2.05, 4.69) is 20.9 Å². The predicted octanol–water partition coefficient (Wildman–Crippen LogP) is 6.09. The number of thioether (sulfide) groups is 1. The van der Waals surface area contributed by atoms with E-state index in [0.717, 1.165) is 17.0 Å². The van der Waals surface area contributed by atoms with Crippen molar-refractivity contribution in [3.63, 3.8) is 0 Å². The Morgan fingerprint density at radius 2 is 1.94 bits per heavy atom. The van der Waals surface area contributed by atoms with Crippen LogP contribution in [0.4, 0.5) is 13.2 Å². The normalized spacial score (nSPS) is 17.0. The number of aliphatic imine (C=N–C) groups is 1. The SMILES string of the molecule is CC1=CN2C(=N)C(=Cc3ccc(OCCOc4cccc(C(F)(F)F)c4)c(Br)c3)C(=O)N=C2S1. The number of hydrogen-bond acceptors (Lipinski definition) is 5. The fourth-order valence-corrected chi connectivity index (χ4v) is 4.49. The van der Waals surface area contributed by atoms with Crippen molar-refractivity contribution in [2.75, 3.05) is 13.2 Å². The Hall–Kier alpha value is -3.05. The van der Waals surface area contributed by atoms with Crippen LogP contribution in [0.2, 0.25) is 0 Å². The number of allylic oxidation sites excluding steroid dienone is 1. The maximum atomic E-state index is 12.8. The van der Waals surface area contributed by atoms with Gasteiger partial charge in [0.15, 0.2) is 5.17 Å². The zero-order valence-electron chi connectivity index (χ0n) is 17.6. The van der Waals surface area contributed by atoms with Crippen LogP contribution in [0.1, 0.15) is 18.1 Å². The van der Waals surface area contributed by atoms with Crippen LogP contribution in [0.5, 0.6) is 11.5 Å². The first-order valence-corrected chi connectivity index (χ1v) is 11.5. The number of fused-ring (bicyclic) bond motifs is 1. The Labute approximate surface area is 205 Å². The van der Waals surface area contributed by atoms with E-state index in [1.807, 2.05) is 6.92 Å². The van der Waals surface area contributed by atoms with E-state index in [1.165, 1.54) is 23.9 Å². The van der Waals surface area contributed by atoms with Crippen molar-refractivity contribution in [2.45, 2.75) is 13.1 Å². The summed E-state index contributed by atoms with van der Waals surface area (Å²) in [5.41, 5.74) is 0.0588. The maximum Gasteiger partial charge on any atom is 0.416 e. The first-order chi connectivity index (χ1) is 16.1. The summed E-state index contributed by atoms with van der Waals surface area (Å²) < 4.78 is 50.0. The fraction of sp³-hybridized carbons (Fsp3) is 0.174. The molecule has 2 heterocycles. The number of nitrogens with one attached hydrogen (secondary N) is 1. The molecule has 0 unspecified atom stereocenters. The van der Waals surface area contributed by atoms with E-state index < -0.39 is 17.6 Å². The van der Waals surface area contributed by atoms with E-state index in [1.54, 1.807) is 35.4 Å². The number of benzene rings is 2. The van der Waals surface area contributed by atoms with Crippen LogP contribution in [-0.2, 0) is 11.0 Å². The van der Waals surface area contributed by atoms with Gasteiger partial charge in [0, 0.05) is 11.1 Å². The zero-order chi connectivity index (χ0) is 24.5. The third-order valence-corrected chi connectivity index (χ3v) is 6.25. The molecule has 0 saturated carbocycles. The van der Waals surface area contributed by atoms with Crippen LogP contribution in [0.15, 0.2) is 68.6 Å². The molecule has 0 saturated heterocycles. The summed E-state index contributed by atoms with van der Waals surface area (Å²) in [5, 5.41) is 8.83. The first kappa shape index (κ1) is 24.1. The molecule has 1 N–H and O–H groups in total. The third-order valence-electron chi connectivity index (χ3n) is 4.73. The Morgan fingerprint density at radius 1 is 1.18 bits per heavy atom. The molecule has 0 aromatic heterocycles. The molecule has 2 aromatic rings. The summed E-state index contributed by atoms with van der Waals surface area (Å²) in [7, 11) is 0. The van der Waals surface area contributed by atoms with E-state index in [9.17, 15) is 18.0 Å². The second kappa shape index (κ2) is 9.67. The number of nitrogens with zero attached hydrogens (tertiary/aromatic N) is 2. The van der Waals surface area contributed by atoms with Gasteiger partial charge in [-0.2, -0.15) is 18.2 Å². The lowest BCUT2D eigenvalue weighted by molar-refractivity contribution is -0.137. The molecule has 0 spiro atoms. The lowest BCUT2D eigenvalue weighted by Crippen LogP contribution is -2.35. The number of amidine groups is 2. The van der Waals surface area contributed by atoms with E-state index in [-0.39, 0.29) is 30.4 Å². The van der Waals surface area contributed by atoms with Crippen LogP contribution in [0, 0.1) is 5.41 Å². The molecule has 0 radical (unpaired) electrons. The average Bonchev–Trinajstić information content (AvgIpc) is 3.15. The molecule has 0 fully saturated rings. The largest absolute Gasteiger partial charge is 0.490 e. The lowest BCUT2D eigenvalue weighted by Gasteiger charge is -2.22. The van der Waals surface area contributed by atoms with Crippen LogP contribution in [0.3, 0.4) is 0 Å². The predicted molar refractivity (Wildman–Crippen MR) is 128 cm³/mol. The van der Waals surface area contributed by atoms with Gasteiger partial charge in [-0.05, 0) is 64.8 Å². The summed E-state index contributed by atoms with van der Waals surface area (Å²) in [6, 6.07) is 9.78. The molecule has 34 heavy (non-hydrogen) atoms. The molecule has 6 nitrogen and oxygen atoms in total. The molecule has 0 bridgehead atoms. The third kappa shape index (κ3) is 5.36. The number of alkyl halides is 3. The van der Waals surface area contributed by atoms with Gasteiger partial charge in [-0.1, -0.05) is 23.9 Å². The van der Waals surface area contributed by atoms with Crippen LogP contribution in [0.25, 0.3) is 6.08 Å². The molecule has 2 aromatic carbocycles. The number of hydrogen-bond donors (Lipinski definition) is 1. The number of amides is 1. The standard InChI is InChI=1S/C23H17BrF3N3O3S/c1-13-12-30-20(28)17(21(31)29-22(30)34-13)9-14-5-6-19(18(24)10-14)33-8-7-32-16-4-2-3-15(11-16)23(25,26)27/h2-6,9-12,28H,7-8H2,1H3. The number of ether oxygens (including phenoxy) is 2. The summed E-state index contributed by atoms with van der Waals surface area (Å²) in [6.45, 7) is 2.04. The van der Waals surface area contributed by atoms with E-state index in [0.29, 0.717) is 21.0 Å². The Morgan fingerprint density at radius 3 is 2.68 bits per heavy atom. The quantitative estimate of drug-likeness (QED) is 0.347. The molecular formula is C23H17BrF3N3O3S. The van der Waals surface area contributed by atoms with Gasteiger partial charge in [-0.25, -0.2) is 0 Å². The maximum absolute atomic E-state index is 12.8. The minimum Gasteiger partial charge on any atom is -0.490 e. The molecule has 176 valence electrons. The van der Waals surface area contributed by atoms with Crippen molar-refractivity contribution in [3.8, 4) is 11.5 Å². The Balaban J connectivity index is 1.38. The zero-order valence-corrected chi connectivity index (χ0v) is 20.1. The Bertz CT molecular complexity index is 1260. The van der Waals surface area contributed by atoms with Crippen molar-refractivity contribution < 1.29 is 27.4 Å². The second-order valence-electron chi connectivity index (χ2n) is 7.23. The highest BCUT2D eigenvalue weighted by Crippen LogP contribution is 2.34. The molecule has 2 aliphatic rings. The molecule has 1 amide bonds. The van der Waals surface area contributed by atoms with Crippen molar-refractivity contribution in [1.82, 2.24) is 4.90 Å². The van der Waals surface area contributed by atoms with Crippen molar-refractivity contribution in [3.05, 3.63) is 74.7 Å². The van der Waals surface area contributed by atoms with Crippen LogP contribution in [-0.4, -0.2) is 35.0 Å². The smallest absolute Gasteiger partial charge is 0.416 e. The van der Waals surface area contributed by atoms with Gasteiger partial charge in [0.25, 0.3) is 5.91 Å². The highest BCUT2D eigenvalue weighted by molar-refractivity contribution is 9.10. The van der Waals surface area contributed by atoms with E-state index >= 15 is 0 Å². The van der Waals surface area contributed by atoms with Crippen molar-refractivity contribution in [1.29, 1.82) is 5.41 Å². The Kier molecular flexibility index (Phi) is 6.85. The average molecular weight is 552 g/mol. The molecule has 0 atom stereocenters. The van der Waals surface area contributed by atoms with Crippen LogP contribution >= 0.6 is 27.7 Å². The number of carbonyl (C=O) groups is 1. The van der Waals surface area contributed by atoms with Crippen molar-refractivity contribution in [2.24, 2.45) is 4.99 Å². The molecule has 2 aliphatic heterocycles. The van der Waals surface area contributed by atoms with Gasteiger partial charge >= 0.3 is 6.18 Å².